The van der Waals surface area contributed by atoms with E-state index in [0.717, 1.165) is 16.7 Å². The van der Waals surface area contributed by atoms with Gasteiger partial charge in [-0.1, -0.05) is 80.6 Å². The van der Waals surface area contributed by atoms with Gasteiger partial charge in [0, 0.05) is 25.9 Å². The number of aryl methyl sites for hydroxylation is 1. The molecule has 5 heteroatoms. The summed E-state index contributed by atoms with van der Waals surface area (Å²) in [7, 11) is 0. The van der Waals surface area contributed by atoms with Crippen molar-refractivity contribution in [3.8, 4) is 0 Å². The summed E-state index contributed by atoms with van der Waals surface area (Å²) < 4.78 is 13.5. The van der Waals surface area contributed by atoms with Crippen LogP contribution in [0.2, 0.25) is 0 Å². The molecule has 0 aliphatic heterocycles. The fourth-order valence-corrected chi connectivity index (χ4v) is 4.10. The lowest BCUT2D eigenvalue weighted by molar-refractivity contribution is -0.141. The van der Waals surface area contributed by atoms with Crippen LogP contribution in [0.4, 0.5) is 4.39 Å². The van der Waals surface area contributed by atoms with E-state index in [0.29, 0.717) is 25.3 Å². The first-order chi connectivity index (χ1) is 16.9. The summed E-state index contributed by atoms with van der Waals surface area (Å²) in [6.07, 6.45) is 1.28. The van der Waals surface area contributed by atoms with Crippen LogP contribution in [0, 0.1) is 5.82 Å². The van der Waals surface area contributed by atoms with Gasteiger partial charge in [0.15, 0.2) is 0 Å². The molecule has 3 aromatic carbocycles. The second-order valence-electron chi connectivity index (χ2n) is 9.14. The number of hydrogen-bond donors (Lipinski definition) is 1. The third kappa shape index (κ3) is 7.78. The predicted octanol–water partition coefficient (Wildman–Crippen LogP) is 5.66. The van der Waals surface area contributed by atoms with Crippen LogP contribution in [-0.2, 0) is 29.0 Å². The van der Waals surface area contributed by atoms with Gasteiger partial charge in [0.25, 0.3) is 0 Å². The van der Waals surface area contributed by atoms with Crippen LogP contribution in [0.3, 0.4) is 0 Å². The van der Waals surface area contributed by atoms with Crippen molar-refractivity contribution in [1.82, 2.24) is 10.2 Å². The van der Waals surface area contributed by atoms with Crippen LogP contribution in [0.1, 0.15) is 55.4 Å². The molecule has 0 saturated heterocycles. The highest BCUT2D eigenvalue weighted by molar-refractivity contribution is 5.88. The van der Waals surface area contributed by atoms with Crippen LogP contribution in [0.15, 0.2) is 78.9 Å². The second-order valence-corrected chi connectivity index (χ2v) is 9.14. The van der Waals surface area contributed by atoms with Gasteiger partial charge >= 0.3 is 0 Å². The van der Waals surface area contributed by atoms with Gasteiger partial charge in [0.1, 0.15) is 11.9 Å². The van der Waals surface area contributed by atoms with Gasteiger partial charge in [-0.3, -0.25) is 9.59 Å². The fourth-order valence-electron chi connectivity index (χ4n) is 4.10. The molecule has 0 aromatic heterocycles. The van der Waals surface area contributed by atoms with Gasteiger partial charge in [0.2, 0.25) is 11.8 Å². The molecule has 3 rings (SSSR count). The molecule has 0 aliphatic rings. The minimum atomic E-state index is -0.668. The van der Waals surface area contributed by atoms with Crippen molar-refractivity contribution in [2.24, 2.45) is 0 Å². The van der Waals surface area contributed by atoms with Gasteiger partial charge < -0.3 is 10.2 Å². The van der Waals surface area contributed by atoms with Gasteiger partial charge in [-0.05, 0) is 53.6 Å². The van der Waals surface area contributed by atoms with Crippen molar-refractivity contribution < 1.29 is 14.0 Å². The van der Waals surface area contributed by atoms with Crippen molar-refractivity contribution in [3.05, 3.63) is 107 Å². The Hall–Kier alpha value is -3.47. The van der Waals surface area contributed by atoms with Crippen LogP contribution >= 0.6 is 0 Å². The molecular formula is C30H35FN2O2. The maximum atomic E-state index is 13.6. The minimum absolute atomic E-state index is 0.102. The molecule has 0 fully saturated rings. The number of halogens is 1. The molecule has 0 radical (unpaired) electrons. The van der Waals surface area contributed by atoms with E-state index in [1.165, 1.54) is 17.7 Å². The molecule has 0 saturated carbocycles. The zero-order chi connectivity index (χ0) is 25.2. The highest BCUT2D eigenvalue weighted by atomic mass is 19.1. The molecule has 0 aliphatic carbocycles. The molecule has 0 bridgehead atoms. The maximum absolute atomic E-state index is 13.6. The number of hydrogen-bond acceptors (Lipinski definition) is 2. The minimum Gasteiger partial charge on any atom is -0.355 e. The Balaban J connectivity index is 1.85. The number of carbonyl (C=O) groups is 2. The van der Waals surface area contributed by atoms with Crippen molar-refractivity contribution in [1.29, 1.82) is 0 Å². The molecule has 4 nitrogen and oxygen atoms in total. The third-order valence-electron chi connectivity index (χ3n) is 6.16. The second kappa shape index (κ2) is 12.8. The Kier molecular flexibility index (Phi) is 9.59. The molecule has 0 spiro atoms. The lowest BCUT2D eigenvalue weighted by Crippen LogP contribution is -2.50. The summed E-state index contributed by atoms with van der Waals surface area (Å²) >= 11 is 0. The van der Waals surface area contributed by atoms with Crippen LogP contribution < -0.4 is 5.32 Å². The van der Waals surface area contributed by atoms with E-state index < -0.39 is 6.04 Å². The van der Waals surface area contributed by atoms with Gasteiger partial charge in [0.05, 0.1) is 0 Å². The maximum Gasteiger partial charge on any atom is 0.243 e. The molecule has 184 valence electrons. The van der Waals surface area contributed by atoms with E-state index in [9.17, 15) is 14.0 Å². The number of amides is 2. The van der Waals surface area contributed by atoms with Gasteiger partial charge in [-0.15, -0.1) is 0 Å². The third-order valence-corrected chi connectivity index (χ3v) is 6.16. The monoisotopic (exact) mass is 474 g/mol. The zero-order valence-corrected chi connectivity index (χ0v) is 20.8. The molecule has 1 atom stereocenters. The SMILES string of the molecule is CCNC(=O)[C@H](Cc1ccccc1)N(Cc1ccc(F)cc1)C(=O)CCc1ccc(C(C)C)cc1. The predicted molar refractivity (Wildman–Crippen MR) is 138 cm³/mol. The van der Waals surface area contributed by atoms with Crippen LogP contribution in [-0.4, -0.2) is 29.3 Å². The highest BCUT2D eigenvalue weighted by Gasteiger charge is 2.29. The van der Waals surface area contributed by atoms with E-state index in [1.54, 1.807) is 17.0 Å². The first kappa shape index (κ1) is 26.1. The molecule has 2 amide bonds. The molecule has 0 unspecified atom stereocenters. The summed E-state index contributed by atoms with van der Waals surface area (Å²) in [5.74, 6) is -0.170. The van der Waals surface area contributed by atoms with Crippen LogP contribution in [0.25, 0.3) is 0 Å². The number of rotatable bonds is 11. The van der Waals surface area contributed by atoms with Crippen molar-refractivity contribution in [3.63, 3.8) is 0 Å². The summed E-state index contributed by atoms with van der Waals surface area (Å²) in [6.45, 7) is 6.88. The largest absolute Gasteiger partial charge is 0.355 e. The first-order valence-corrected chi connectivity index (χ1v) is 12.3. The van der Waals surface area contributed by atoms with Crippen molar-refractivity contribution in [2.75, 3.05) is 6.54 Å². The Morgan fingerprint density at radius 2 is 1.49 bits per heavy atom. The molecule has 0 heterocycles. The first-order valence-electron chi connectivity index (χ1n) is 12.3. The zero-order valence-electron chi connectivity index (χ0n) is 20.8. The van der Waals surface area contributed by atoms with E-state index in [4.69, 9.17) is 0 Å². The summed E-state index contributed by atoms with van der Waals surface area (Å²) in [5.41, 5.74) is 4.10. The Morgan fingerprint density at radius 1 is 0.857 bits per heavy atom. The topological polar surface area (TPSA) is 49.4 Å². The average Bonchev–Trinajstić information content (AvgIpc) is 2.86. The van der Waals surface area contributed by atoms with Crippen molar-refractivity contribution in [2.45, 2.75) is 58.5 Å². The molecule has 1 N–H and O–H groups in total. The Morgan fingerprint density at radius 3 is 2.09 bits per heavy atom. The fraction of sp³-hybridized carbons (Fsp3) is 0.333. The Bertz CT molecular complexity index is 1080. The van der Waals surface area contributed by atoms with E-state index in [-0.39, 0.29) is 30.6 Å². The van der Waals surface area contributed by atoms with Gasteiger partial charge in [-0.2, -0.15) is 0 Å². The molecule has 35 heavy (non-hydrogen) atoms. The number of benzene rings is 3. The quantitative estimate of drug-likeness (QED) is 0.390. The summed E-state index contributed by atoms with van der Waals surface area (Å²) in [5, 5.41) is 2.89. The molecule has 3 aromatic rings. The number of likely N-dealkylation sites (N-methyl/N-ethyl adjacent to an activating group) is 1. The number of nitrogens with zero attached hydrogens (tertiary/aromatic N) is 1. The summed E-state index contributed by atoms with van der Waals surface area (Å²) in [4.78, 5) is 28.4. The lowest BCUT2D eigenvalue weighted by atomic mass is 9.99. The summed E-state index contributed by atoms with van der Waals surface area (Å²) in [6, 6.07) is 23.5. The van der Waals surface area contributed by atoms with Crippen LogP contribution in [0.5, 0.6) is 0 Å². The van der Waals surface area contributed by atoms with Gasteiger partial charge in [-0.25, -0.2) is 4.39 Å². The van der Waals surface area contributed by atoms with E-state index in [1.807, 2.05) is 37.3 Å². The number of carbonyl (C=O) groups excluding carboxylic acids is 2. The Labute approximate surface area is 208 Å². The average molecular weight is 475 g/mol. The standard InChI is InChI=1S/C30H35FN2O2/c1-4-32-30(35)28(20-24-8-6-5-7-9-24)33(21-25-12-17-27(31)18-13-25)29(34)19-14-23-10-15-26(16-11-23)22(2)3/h5-13,15-18,22,28H,4,14,19-21H2,1-3H3,(H,32,35)/t28-/m0/s1. The highest BCUT2D eigenvalue weighted by Crippen LogP contribution is 2.19. The van der Waals surface area contributed by atoms with E-state index >= 15 is 0 Å². The number of nitrogens with one attached hydrogen (secondary N) is 1. The normalized spacial score (nSPS) is 11.8. The lowest BCUT2D eigenvalue weighted by Gasteiger charge is -2.31. The van der Waals surface area contributed by atoms with Crippen molar-refractivity contribution >= 4 is 11.8 Å². The van der Waals surface area contributed by atoms with E-state index in [2.05, 4.69) is 43.4 Å². The smallest absolute Gasteiger partial charge is 0.243 e. The molecular weight excluding hydrogens is 439 g/mol.